The van der Waals surface area contributed by atoms with Crippen molar-refractivity contribution in [2.45, 2.75) is 173 Å². The lowest BCUT2D eigenvalue weighted by Gasteiger charge is -2.49. The maximum absolute atomic E-state index is 14.2. The van der Waals surface area contributed by atoms with Gasteiger partial charge in [-0.25, -0.2) is 0 Å². The number of ketones is 1. The molecule has 4 N–H and O–H groups in total. The SMILES string of the molecule is CO[C@]1(C)C[C@H](O[C@H]2[C@H](C)[C@@H](O[C@@H]3O[C@H](C)C[C@H](N(C)C)[C@H]3O)[C@](C)(O)C[C@@H](C)C(=O)[C@H](C)[C@@H](O)[C@@H](C)[C@@H](C3CC3)OC(=O)[C@@H]2C)O[C@@H](C)[C@@H]1O. The van der Waals surface area contributed by atoms with E-state index in [4.69, 9.17) is 28.4 Å². The van der Waals surface area contributed by atoms with Gasteiger partial charge in [0.2, 0.25) is 0 Å². The number of aliphatic hydroxyl groups excluding tert-OH is 3. The number of hydrogen-bond acceptors (Lipinski definition) is 13. The van der Waals surface area contributed by atoms with Crippen molar-refractivity contribution in [2.24, 2.45) is 35.5 Å². The first-order chi connectivity index (χ1) is 23.6. The fourth-order valence-corrected chi connectivity index (χ4v) is 8.81. The molecule has 3 heterocycles. The van der Waals surface area contributed by atoms with Gasteiger partial charge >= 0.3 is 5.97 Å². The molecule has 0 amide bonds. The fourth-order valence-electron chi connectivity index (χ4n) is 8.81. The van der Waals surface area contributed by atoms with Crippen LogP contribution in [-0.4, -0.2) is 137 Å². The molecule has 4 fully saturated rings. The standard InChI is InChI=1S/C38H67NO12/c1-18-16-37(8,45)34(51-36-30(42)26(39(10)11)15-19(2)47-36)22(5)31(49-27-17-38(9,46-12)33(43)24(7)48-27)23(6)35(44)50-32(25-13-14-25)21(4)29(41)20(3)28(18)40/h18-27,29-34,36,41-43,45H,13-17H2,1-12H3/t18-,19-,20+,21-,22+,23-,24+,26+,27+,29-,30-,31+,32+,33+,34-,36+,37-,38-/m1/s1. The average molecular weight is 730 g/mol. The minimum Gasteiger partial charge on any atom is -0.461 e. The number of aliphatic hydroxyl groups is 4. The quantitative estimate of drug-likeness (QED) is 0.282. The first kappa shape index (κ1) is 42.5. The summed E-state index contributed by atoms with van der Waals surface area (Å²) in [4.78, 5) is 30.0. The van der Waals surface area contributed by atoms with Crippen LogP contribution in [0.4, 0.5) is 0 Å². The molecule has 0 aromatic carbocycles. The van der Waals surface area contributed by atoms with Crippen LogP contribution in [0.1, 0.15) is 94.4 Å². The Labute approximate surface area is 304 Å². The Morgan fingerprint density at radius 2 is 1.47 bits per heavy atom. The largest absolute Gasteiger partial charge is 0.461 e. The molecule has 1 aliphatic carbocycles. The average Bonchev–Trinajstić information content (AvgIpc) is 3.91. The predicted octanol–water partition coefficient (Wildman–Crippen LogP) is 2.67. The fraction of sp³-hybridized carbons (Fsp3) is 0.947. The van der Waals surface area contributed by atoms with Gasteiger partial charge in [0.25, 0.3) is 0 Å². The third-order valence-corrected chi connectivity index (χ3v) is 12.4. The minimum absolute atomic E-state index is 0.0374. The molecule has 0 radical (unpaired) electrons. The van der Waals surface area contributed by atoms with E-state index in [2.05, 4.69) is 0 Å². The Balaban J connectivity index is 1.80. The number of ether oxygens (including phenoxy) is 6. The van der Waals surface area contributed by atoms with Crippen molar-refractivity contribution in [1.29, 1.82) is 0 Å². The number of carbonyl (C=O) groups is 2. The van der Waals surface area contributed by atoms with Crippen LogP contribution in [0, 0.1) is 35.5 Å². The lowest BCUT2D eigenvalue weighted by Crippen LogP contribution is -2.60. The molecule has 0 bridgehead atoms. The predicted molar refractivity (Wildman–Crippen MR) is 187 cm³/mol. The highest BCUT2D eigenvalue weighted by Gasteiger charge is 2.53. The zero-order valence-electron chi connectivity index (χ0n) is 32.9. The molecule has 1 saturated carbocycles. The van der Waals surface area contributed by atoms with E-state index in [0.29, 0.717) is 6.42 Å². The Morgan fingerprint density at radius 1 is 0.843 bits per heavy atom. The summed E-state index contributed by atoms with van der Waals surface area (Å²) in [6, 6.07) is -0.294. The maximum atomic E-state index is 14.2. The molecular formula is C38H67NO12. The van der Waals surface area contributed by atoms with E-state index in [9.17, 15) is 30.0 Å². The summed E-state index contributed by atoms with van der Waals surface area (Å²) in [6.07, 6.45) is -6.46. The number of likely N-dealkylation sites (N-methyl/N-ethyl adjacent to an activating group) is 1. The van der Waals surface area contributed by atoms with Crippen molar-refractivity contribution < 1.29 is 58.4 Å². The van der Waals surface area contributed by atoms with Crippen LogP contribution < -0.4 is 0 Å². The number of cyclic esters (lactones) is 1. The molecule has 13 nitrogen and oxygen atoms in total. The zero-order chi connectivity index (χ0) is 38.3. The number of hydrogen-bond donors (Lipinski definition) is 4. The molecule has 0 unspecified atom stereocenters. The Morgan fingerprint density at radius 3 is 2.04 bits per heavy atom. The van der Waals surface area contributed by atoms with Gasteiger partial charge in [0.15, 0.2) is 12.6 Å². The highest BCUT2D eigenvalue weighted by Crippen LogP contribution is 2.43. The first-order valence-electron chi connectivity index (χ1n) is 19.0. The van der Waals surface area contributed by atoms with Gasteiger partial charge in [-0.2, -0.15) is 0 Å². The summed E-state index contributed by atoms with van der Waals surface area (Å²) < 4.78 is 37.6. The van der Waals surface area contributed by atoms with Crippen molar-refractivity contribution in [2.75, 3.05) is 21.2 Å². The van der Waals surface area contributed by atoms with Crippen LogP contribution in [0.2, 0.25) is 0 Å². The van der Waals surface area contributed by atoms with Gasteiger partial charge < -0.3 is 53.7 Å². The number of esters is 1. The smallest absolute Gasteiger partial charge is 0.311 e. The van der Waals surface area contributed by atoms with E-state index in [-0.39, 0.29) is 36.7 Å². The van der Waals surface area contributed by atoms with E-state index >= 15 is 0 Å². The molecule has 13 heteroatoms. The van der Waals surface area contributed by atoms with Crippen LogP contribution in [0.15, 0.2) is 0 Å². The molecule has 0 aromatic rings. The second-order valence-electron chi connectivity index (χ2n) is 17.1. The van der Waals surface area contributed by atoms with Gasteiger partial charge in [0, 0.05) is 43.2 Å². The first-order valence-corrected chi connectivity index (χ1v) is 19.0. The van der Waals surface area contributed by atoms with Crippen LogP contribution in [0.5, 0.6) is 0 Å². The molecule has 3 saturated heterocycles. The molecule has 4 rings (SSSR count). The van der Waals surface area contributed by atoms with E-state index in [0.717, 1.165) is 12.8 Å². The highest BCUT2D eigenvalue weighted by atomic mass is 16.7. The molecule has 0 spiro atoms. The Hall–Kier alpha value is -1.26. The van der Waals surface area contributed by atoms with Gasteiger partial charge in [-0.3, -0.25) is 9.59 Å². The summed E-state index contributed by atoms with van der Waals surface area (Å²) >= 11 is 0. The van der Waals surface area contributed by atoms with Gasteiger partial charge in [-0.05, 0) is 80.3 Å². The summed E-state index contributed by atoms with van der Waals surface area (Å²) in [5.74, 6) is -4.38. The molecule has 51 heavy (non-hydrogen) atoms. The lowest BCUT2D eigenvalue weighted by atomic mass is 9.74. The number of rotatable bonds is 7. The van der Waals surface area contributed by atoms with Crippen LogP contribution in [0.3, 0.4) is 0 Å². The van der Waals surface area contributed by atoms with E-state index in [1.54, 1.807) is 48.5 Å². The van der Waals surface area contributed by atoms with Gasteiger partial charge in [-0.15, -0.1) is 0 Å². The summed E-state index contributed by atoms with van der Waals surface area (Å²) in [5.41, 5.74) is -2.73. The van der Waals surface area contributed by atoms with Crippen LogP contribution >= 0.6 is 0 Å². The monoisotopic (exact) mass is 729 g/mol. The zero-order valence-corrected chi connectivity index (χ0v) is 32.9. The van der Waals surface area contributed by atoms with E-state index in [1.807, 2.05) is 32.8 Å². The number of methoxy groups -OCH3 is 1. The van der Waals surface area contributed by atoms with Crippen LogP contribution in [0.25, 0.3) is 0 Å². The molecule has 18 atom stereocenters. The summed E-state index contributed by atoms with van der Waals surface area (Å²) in [6.45, 7) is 15.7. The van der Waals surface area contributed by atoms with Crippen LogP contribution in [-0.2, 0) is 38.0 Å². The molecule has 4 aliphatic rings. The number of Topliss-reactive ketones (excluding diaryl/α,β-unsaturated/α-hetero) is 1. The molecule has 0 aromatic heterocycles. The third-order valence-electron chi connectivity index (χ3n) is 12.4. The van der Waals surface area contributed by atoms with Crippen molar-refractivity contribution in [3.63, 3.8) is 0 Å². The van der Waals surface area contributed by atoms with Crippen molar-refractivity contribution >= 4 is 11.8 Å². The highest BCUT2D eigenvalue weighted by molar-refractivity contribution is 5.83. The van der Waals surface area contributed by atoms with Gasteiger partial charge in [0.1, 0.15) is 24.1 Å². The second kappa shape index (κ2) is 16.6. The van der Waals surface area contributed by atoms with Crippen molar-refractivity contribution in [1.82, 2.24) is 4.90 Å². The topological polar surface area (TPSA) is 174 Å². The lowest BCUT2D eigenvalue weighted by molar-refractivity contribution is -0.317. The number of nitrogens with zero attached hydrogens (tertiary/aromatic N) is 1. The van der Waals surface area contributed by atoms with Crippen molar-refractivity contribution in [3.05, 3.63) is 0 Å². The normalized spacial score (nSPS) is 49.7. The third kappa shape index (κ3) is 9.35. The molecular weight excluding hydrogens is 662 g/mol. The molecule has 296 valence electrons. The maximum Gasteiger partial charge on any atom is 0.311 e. The molecule has 3 aliphatic heterocycles. The van der Waals surface area contributed by atoms with E-state index in [1.165, 1.54) is 7.11 Å². The van der Waals surface area contributed by atoms with Crippen molar-refractivity contribution in [3.8, 4) is 0 Å². The minimum atomic E-state index is -1.72. The Bertz CT molecular complexity index is 1180. The summed E-state index contributed by atoms with van der Waals surface area (Å²) in [7, 11) is 5.25. The van der Waals surface area contributed by atoms with Gasteiger partial charge in [0.05, 0.1) is 47.6 Å². The second-order valence-corrected chi connectivity index (χ2v) is 17.1. The summed E-state index contributed by atoms with van der Waals surface area (Å²) in [5, 5.41) is 46.3. The number of carbonyl (C=O) groups excluding carboxylic acids is 2. The van der Waals surface area contributed by atoms with E-state index < -0.39 is 102 Å². The Kier molecular flexibility index (Phi) is 13.8. The van der Waals surface area contributed by atoms with Gasteiger partial charge in [-0.1, -0.05) is 27.7 Å².